The first-order chi connectivity index (χ1) is 18.3. The fourth-order valence-corrected chi connectivity index (χ4v) is 4.65. The van der Waals surface area contributed by atoms with Gasteiger partial charge in [0.25, 0.3) is 0 Å². The SMILES string of the molecule is C[N+](CCN)(CCN)CCCC(N)C(=O)N[C@H](CCc1ccccc1)C(=O)Nc1cnc2ccccc2c1. The molecule has 1 unspecified atom stereocenters. The van der Waals surface area contributed by atoms with E-state index in [4.69, 9.17) is 17.2 Å². The van der Waals surface area contributed by atoms with E-state index in [0.717, 1.165) is 47.0 Å². The summed E-state index contributed by atoms with van der Waals surface area (Å²) in [7, 11) is 2.12. The Morgan fingerprint density at radius 1 is 0.921 bits per heavy atom. The Kier molecular flexibility index (Phi) is 11.2. The maximum Gasteiger partial charge on any atom is 0.247 e. The molecule has 0 saturated carbocycles. The molecule has 0 aliphatic rings. The lowest BCUT2D eigenvalue weighted by Gasteiger charge is -2.34. The number of anilines is 1. The lowest BCUT2D eigenvalue weighted by Crippen LogP contribution is -2.52. The lowest BCUT2D eigenvalue weighted by atomic mass is 10.0. The monoisotopic (exact) mass is 520 g/mol. The second kappa shape index (κ2) is 14.5. The van der Waals surface area contributed by atoms with Crippen LogP contribution in [0.5, 0.6) is 0 Å². The van der Waals surface area contributed by atoms with Crippen molar-refractivity contribution in [1.82, 2.24) is 10.3 Å². The second-order valence-corrected chi connectivity index (χ2v) is 10.1. The quantitative estimate of drug-likeness (QED) is 0.193. The first kappa shape index (κ1) is 29.2. The van der Waals surface area contributed by atoms with Crippen LogP contribution in [0.3, 0.4) is 0 Å². The van der Waals surface area contributed by atoms with Crippen molar-refractivity contribution in [1.29, 1.82) is 0 Å². The molecule has 2 atom stereocenters. The number of nitrogens with zero attached hydrogens (tertiary/aromatic N) is 2. The van der Waals surface area contributed by atoms with Crippen molar-refractivity contribution in [3.8, 4) is 0 Å². The van der Waals surface area contributed by atoms with Gasteiger partial charge in [0.15, 0.2) is 0 Å². The molecular weight excluding hydrogens is 478 g/mol. The summed E-state index contributed by atoms with van der Waals surface area (Å²) in [5, 5.41) is 6.75. The number of benzene rings is 2. The van der Waals surface area contributed by atoms with Crippen LogP contribution in [0.1, 0.15) is 24.8 Å². The molecule has 2 aromatic carbocycles. The van der Waals surface area contributed by atoms with Gasteiger partial charge in [0.2, 0.25) is 11.8 Å². The van der Waals surface area contributed by atoms with Gasteiger partial charge in [-0.1, -0.05) is 48.5 Å². The predicted molar refractivity (Wildman–Crippen MR) is 153 cm³/mol. The van der Waals surface area contributed by atoms with Crippen LogP contribution in [0.2, 0.25) is 0 Å². The summed E-state index contributed by atoms with van der Waals surface area (Å²) in [6.07, 6.45) is 3.97. The molecule has 9 heteroatoms. The molecule has 0 bridgehead atoms. The number of para-hydroxylation sites is 1. The van der Waals surface area contributed by atoms with Crippen LogP contribution in [-0.4, -0.2) is 73.1 Å². The van der Waals surface area contributed by atoms with Crippen molar-refractivity contribution in [3.63, 3.8) is 0 Å². The van der Waals surface area contributed by atoms with Gasteiger partial charge in [-0.25, -0.2) is 0 Å². The standard InChI is InChI=1S/C29H41N7O2/c1-36(18-15-30,19-16-31)17-7-11-25(32)28(37)35-27(14-13-22-8-3-2-4-9-22)29(38)34-24-20-23-10-5-6-12-26(23)33-21-24/h2-6,8-10,12,20-21,25,27H,7,11,13-19,30-32H2,1H3,(H-,34,35,37,38)/p+1/t25?,27-/m1/s1. The molecule has 2 amide bonds. The summed E-state index contributed by atoms with van der Waals surface area (Å²) in [4.78, 5) is 30.7. The first-order valence-electron chi connectivity index (χ1n) is 13.3. The van der Waals surface area contributed by atoms with E-state index in [0.29, 0.717) is 38.0 Å². The van der Waals surface area contributed by atoms with Crippen molar-refractivity contribution in [2.75, 3.05) is 45.1 Å². The average Bonchev–Trinajstić information content (AvgIpc) is 2.91. The van der Waals surface area contributed by atoms with Crippen LogP contribution < -0.4 is 27.8 Å². The third-order valence-corrected chi connectivity index (χ3v) is 6.94. The topological polar surface area (TPSA) is 149 Å². The number of likely N-dealkylation sites (N-methyl/N-ethyl adjacent to an activating group) is 1. The minimum absolute atomic E-state index is 0.298. The van der Waals surface area contributed by atoms with Gasteiger partial charge in [-0.2, -0.15) is 0 Å². The van der Waals surface area contributed by atoms with Crippen molar-refractivity contribution in [2.24, 2.45) is 17.2 Å². The summed E-state index contributed by atoms with van der Waals surface area (Å²) in [5.74, 6) is -0.629. The Balaban J connectivity index is 1.63. The van der Waals surface area contributed by atoms with Gasteiger partial charge in [-0.05, 0) is 43.4 Å². The summed E-state index contributed by atoms with van der Waals surface area (Å²) in [6.45, 7) is 3.64. The number of fused-ring (bicyclic) bond motifs is 1. The highest BCUT2D eigenvalue weighted by molar-refractivity contribution is 5.98. The Morgan fingerprint density at radius 2 is 1.61 bits per heavy atom. The van der Waals surface area contributed by atoms with Crippen molar-refractivity contribution in [3.05, 3.63) is 72.4 Å². The molecule has 0 aliphatic carbocycles. The molecule has 1 heterocycles. The molecule has 0 fully saturated rings. The van der Waals surface area contributed by atoms with Gasteiger partial charge in [0.1, 0.15) is 6.04 Å². The van der Waals surface area contributed by atoms with Gasteiger partial charge >= 0.3 is 0 Å². The number of hydrogen-bond acceptors (Lipinski definition) is 6. The summed E-state index contributed by atoms with van der Waals surface area (Å²) < 4.78 is 0.753. The Bertz CT molecular complexity index is 1170. The highest BCUT2D eigenvalue weighted by atomic mass is 16.2. The van der Waals surface area contributed by atoms with Gasteiger partial charge in [-0.15, -0.1) is 0 Å². The number of aryl methyl sites for hydroxylation is 1. The number of nitrogens with one attached hydrogen (secondary N) is 2. The van der Waals surface area contributed by atoms with E-state index in [-0.39, 0.29) is 11.8 Å². The van der Waals surface area contributed by atoms with Crippen molar-refractivity contribution < 1.29 is 14.1 Å². The third kappa shape index (κ3) is 8.88. The average molecular weight is 521 g/mol. The van der Waals surface area contributed by atoms with Crippen LogP contribution >= 0.6 is 0 Å². The number of hydrogen-bond donors (Lipinski definition) is 5. The molecule has 1 aromatic heterocycles. The molecule has 204 valence electrons. The molecule has 0 saturated heterocycles. The lowest BCUT2D eigenvalue weighted by molar-refractivity contribution is -0.907. The van der Waals surface area contributed by atoms with E-state index in [2.05, 4.69) is 22.7 Å². The number of amides is 2. The zero-order valence-electron chi connectivity index (χ0n) is 22.3. The predicted octanol–water partition coefficient (Wildman–Crippen LogP) is 1.76. The van der Waals surface area contributed by atoms with Crippen LogP contribution in [0.4, 0.5) is 5.69 Å². The maximum atomic E-state index is 13.3. The van der Waals surface area contributed by atoms with Crippen molar-refractivity contribution >= 4 is 28.4 Å². The summed E-state index contributed by atoms with van der Waals surface area (Å²) in [5.41, 5.74) is 20.3. The Morgan fingerprint density at radius 3 is 2.32 bits per heavy atom. The summed E-state index contributed by atoms with van der Waals surface area (Å²) >= 11 is 0. The van der Waals surface area contributed by atoms with Crippen molar-refractivity contribution in [2.45, 2.75) is 37.8 Å². The van der Waals surface area contributed by atoms with Gasteiger partial charge < -0.3 is 32.3 Å². The highest BCUT2D eigenvalue weighted by Crippen LogP contribution is 2.17. The number of rotatable bonds is 15. The fourth-order valence-electron chi connectivity index (χ4n) is 4.65. The van der Waals surface area contributed by atoms with E-state index in [1.807, 2.05) is 60.7 Å². The van der Waals surface area contributed by atoms with Gasteiger partial charge in [0, 0.05) is 18.5 Å². The Hall–Kier alpha value is -3.37. The molecule has 38 heavy (non-hydrogen) atoms. The van der Waals surface area contributed by atoms with E-state index in [9.17, 15) is 9.59 Å². The number of pyridine rings is 1. The maximum absolute atomic E-state index is 13.3. The van der Waals surface area contributed by atoms with Crippen LogP contribution in [-0.2, 0) is 16.0 Å². The number of carbonyl (C=O) groups is 2. The minimum Gasteiger partial charge on any atom is -0.343 e. The molecule has 0 radical (unpaired) electrons. The number of carbonyl (C=O) groups excluding carboxylic acids is 2. The third-order valence-electron chi connectivity index (χ3n) is 6.94. The molecule has 8 N–H and O–H groups in total. The first-order valence-corrected chi connectivity index (χ1v) is 13.3. The van der Waals surface area contributed by atoms with E-state index in [1.165, 1.54) is 0 Å². The second-order valence-electron chi connectivity index (χ2n) is 10.1. The zero-order chi connectivity index (χ0) is 27.4. The van der Waals surface area contributed by atoms with Crippen LogP contribution in [0.15, 0.2) is 66.9 Å². The van der Waals surface area contributed by atoms with Gasteiger partial charge in [-0.3, -0.25) is 14.6 Å². The number of quaternary nitrogens is 1. The fraction of sp³-hybridized carbons (Fsp3) is 0.414. The van der Waals surface area contributed by atoms with E-state index in [1.54, 1.807) is 6.20 Å². The van der Waals surface area contributed by atoms with E-state index < -0.39 is 12.1 Å². The van der Waals surface area contributed by atoms with Crippen LogP contribution in [0.25, 0.3) is 10.9 Å². The number of nitrogens with two attached hydrogens (primary N) is 3. The Labute approximate surface area is 225 Å². The molecule has 9 nitrogen and oxygen atoms in total. The van der Waals surface area contributed by atoms with Gasteiger partial charge in [0.05, 0.1) is 50.1 Å². The summed E-state index contributed by atoms with van der Waals surface area (Å²) in [6, 6.07) is 18.0. The minimum atomic E-state index is -0.740. The molecule has 0 spiro atoms. The molecule has 3 rings (SSSR count). The molecule has 3 aromatic rings. The largest absolute Gasteiger partial charge is 0.343 e. The van der Waals surface area contributed by atoms with E-state index >= 15 is 0 Å². The molecular formula is C29H42N7O2+. The molecule has 0 aliphatic heterocycles. The highest BCUT2D eigenvalue weighted by Gasteiger charge is 2.25. The zero-order valence-corrected chi connectivity index (χ0v) is 22.3. The smallest absolute Gasteiger partial charge is 0.247 e. The number of aromatic nitrogens is 1. The van der Waals surface area contributed by atoms with Crippen LogP contribution in [0, 0.1) is 0 Å². The normalized spacial score (nSPS) is 13.2.